The van der Waals surface area contributed by atoms with Crippen LogP contribution < -0.4 is 5.32 Å². The van der Waals surface area contributed by atoms with Gasteiger partial charge in [0.1, 0.15) is 5.52 Å². The van der Waals surface area contributed by atoms with Crippen molar-refractivity contribution in [3.63, 3.8) is 0 Å². The number of aliphatic hydroxyl groups is 1. The summed E-state index contributed by atoms with van der Waals surface area (Å²) in [6.07, 6.45) is 6.60. The average molecular weight is 274 g/mol. The van der Waals surface area contributed by atoms with Gasteiger partial charge < -0.3 is 10.4 Å². The lowest BCUT2D eigenvalue weighted by atomic mass is 10.1. The molecule has 2 atom stereocenters. The molecule has 1 fully saturated rings. The monoisotopic (exact) mass is 274 g/mol. The summed E-state index contributed by atoms with van der Waals surface area (Å²) in [4.78, 5) is 4.41. The summed E-state index contributed by atoms with van der Waals surface area (Å²) in [5.41, 5.74) is 2.07. The molecule has 0 saturated heterocycles. The summed E-state index contributed by atoms with van der Waals surface area (Å²) < 4.78 is 1.87. The van der Waals surface area contributed by atoms with Crippen LogP contribution in [-0.2, 0) is 0 Å². The summed E-state index contributed by atoms with van der Waals surface area (Å²) in [5, 5.41) is 17.8. The Hall–Kier alpha value is -1.62. The van der Waals surface area contributed by atoms with Gasteiger partial charge in [0.05, 0.1) is 11.8 Å². The molecule has 20 heavy (non-hydrogen) atoms. The maximum absolute atomic E-state index is 9.88. The second-order valence-electron chi connectivity index (χ2n) is 5.97. The van der Waals surface area contributed by atoms with Crippen LogP contribution in [0.25, 0.3) is 5.52 Å². The highest BCUT2D eigenvalue weighted by molar-refractivity contribution is 5.67. The normalized spacial score (nSPS) is 22.8. The zero-order valence-corrected chi connectivity index (χ0v) is 12.1. The van der Waals surface area contributed by atoms with Gasteiger partial charge in [-0.2, -0.15) is 5.10 Å². The smallest absolute Gasteiger partial charge is 0.152 e. The number of rotatable bonds is 4. The lowest BCUT2D eigenvalue weighted by Crippen LogP contribution is -2.22. The van der Waals surface area contributed by atoms with E-state index in [4.69, 9.17) is 0 Å². The second kappa shape index (κ2) is 5.40. The van der Waals surface area contributed by atoms with E-state index in [1.54, 1.807) is 6.20 Å². The molecule has 2 unspecified atom stereocenters. The van der Waals surface area contributed by atoms with Gasteiger partial charge in [-0.1, -0.05) is 20.3 Å². The zero-order valence-electron chi connectivity index (χ0n) is 12.1. The van der Waals surface area contributed by atoms with Crippen molar-refractivity contribution in [2.24, 2.45) is 5.92 Å². The van der Waals surface area contributed by atoms with Gasteiger partial charge in [-0.25, -0.2) is 9.50 Å². The third kappa shape index (κ3) is 2.50. The molecule has 0 amide bonds. The fourth-order valence-electron chi connectivity index (χ4n) is 2.84. The van der Waals surface area contributed by atoms with E-state index in [1.165, 1.54) is 0 Å². The SMILES string of the molecule is CC(C)c1cc2c(NCC3CCCC3O)nccn2n1. The van der Waals surface area contributed by atoms with E-state index in [1.807, 2.05) is 10.7 Å². The molecule has 0 spiro atoms. The van der Waals surface area contributed by atoms with Crippen LogP contribution >= 0.6 is 0 Å². The molecule has 1 aliphatic rings. The predicted octanol–water partition coefficient (Wildman–Crippen LogP) is 2.43. The number of hydrogen-bond donors (Lipinski definition) is 2. The lowest BCUT2D eigenvalue weighted by molar-refractivity contribution is 0.138. The molecule has 2 aromatic heterocycles. The van der Waals surface area contributed by atoms with Crippen molar-refractivity contribution in [2.75, 3.05) is 11.9 Å². The summed E-state index contributed by atoms with van der Waals surface area (Å²) in [5.74, 6) is 1.59. The van der Waals surface area contributed by atoms with Gasteiger partial charge in [0.15, 0.2) is 5.82 Å². The van der Waals surface area contributed by atoms with Gasteiger partial charge in [0, 0.05) is 24.9 Å². The number of hydrogen-bond acceptors (Lipinski definition) is 4. The van der Waals surface area contributed by atoms with Crippen molar-refractivity contribution in [3.8, 4) is 0 Å². The molecule has 1 aliphatic carbocycles. The quantitative estimate of drug-likeness (QED) is 0.899. The predicted molar refractivity (Wildman–Crippen MR) is 78.9 cm³/mol. The van der Waals surface area contributed by atoms with Crippen molar-refractivity contribution < 1.29 is 5.11 Å². The third-order valence-electron chi connectivity index (χ3n) is 4.15. The van der Waals surface area contributed by atoms with Crippen LogP contribution in [0.2, 0.25) is 0 Å². The molecule has 0 radical (unpaired) electrons. The van der Waals surface area contributed by atoms with Crippen LogP contribution in [0.1, 0.15) is 44.7 Å². The van der Waals surface area contributed by atoms with Crippen LogP contribution in [0.3, 0.4) is 0 Å². The zero-order chi connectivity index (χ0) is 14.1. The first-order chi connectivity index (χ1) is 9.65. The first-order valence-electron chi connectivity index (χ1n) is 7.41. The van der Waals surface area contributed by atoms with Crippen LogP contribution in [0.4, 0.5) is 5.82 Å². The fourth-order valence-corrected chi connectivity index (χ4v) is 2.84. The Kier molecular flexibility index (Phi) is 3.61. The molecule has 5 nitrogen and oxygen atoms in total. The van der Waals surface area contributed by atoms with Crippen molar-refractivity contribution >= 4 is 11.3 Å². The molecule has 2 aromatic rings. The van der Waals surface area contributed by atoms with Crippen LogP contribution in [0, 0.1) is 5.92 Å². The fraction of sp³-hybridized carbons (Fsp3) is 0.600. The Morgan fingerprint density at radius 2 is 2.30 bits per heavy atom. The van der Waals surface area contributed by atoms with E-state index in [0.29, 0.717) is 11.8 Å². The van der Waals surface area contributed by atoms with E-state index >= 15 is 0 Å². The Balaban J connectivity index is 1.80. The Morgan fingerprint density at radius 1 is 1.45 bits per heavy atom. The molecule has 3 rings (SSSR count). The van der Waals surface area contributed by atoms with Crippen LogP contribution in [0.15, 0.2) is 18.5 Å². The number of nitrogens with zero attached hydrogens (tertiary/aromatic N) is 3. The van der Waals surface area contributed by atoms with Gasteiger partial charge in [0.2, 0.25) is 0 Å². The van der Waals surface area contributed by atoms with E-state index in [0.717, 1.165) is 42.8 Å². The molecule has 5 heteroatoms. The van der Waals surface area contributed by atoms with Crippen LogP contribution in [-0.4, -0.2) is 32.4 Å². The third-order valence-corrected chi connectivity index (χ3v) is 4.15. The molecule has 2 heterocycles. The highest BCUT2D eigenvalue weighted by atomic mass is 16.3. The van der Waals surface area contributed by atoms with Gasteiger partial charge in [-0.15, -0.1) is 0 Å². The number of aromatic nitrogens is 3. The topological polar surface area (TPSA) is 62.5 Å². The summed E-state index contributed by atoms with van der Waals surface area (Å²) >= 11 is 0. The Bertz CT molecular complexity index is 593. The average Bonchev–Trinajstić information content (AvgIpc) is 3.02. The van der Waals surface area contributed by atoms with Crippen molar-refractivity contribution in [2.45, 2.75) is 45.1 Å². The largest absolute Gasteiger partial charge is 0.393 e. The molecule has 0 aliphatic heterocycles. The number of nitrogens with one attached hydrogen (secondary N) is 1. The van der Waals surface area contributed by atoms with E-state index in [-0.39, 0.29) is 6.10 Å². The van der Waals surface area contributed by atoms with Gasteiger partial charge in [-0.05, 0) is 24.8 Å². The minimum atomic E-state index is -0.168. The summed E-state index contributed by atoms with van der Waals surface area (Å²) in [7, 11) is 0. The van der Waals surface area contributed by atoms with E-state index in [9.17, 15) is 5.11 Å². The number of fused-ring (bicyclic) bond motifs is 1. The molecular weight excluding hydrogens is 252 g/mol. The molecule has 108 valence electrons. The highest BCUT2D eigenvalue weighted by Crippen LogP contribution is 2.26. The number of anilines is 1. The van der Waals surface area contributed by atoms with Gasteiger partial charge in [0.25, 0.3) is 0 Å². The molecule has 1 saturated carbocycles. The first kappa shape index (κ1) is 13.4. The second-order valence-corrected chi connectivity index (χ2v) is 5.97. The highest BCUT2D eigenvalue weighted by Gasteiger charge is 2.25. The summed E-state index contributed by atoms with van der Waals surface area (Å²) in [6.45, 7) is 5.05. The van der Waals surface area contributed by atoms with Gasteiger partial charge >= 0.3 is 0 Å². The standard InChI is InChI=1S/C15H22N4O/c1-10(2)12-8-13-15(16-6-7-19(13)18-12)17-9-11-4-3-5-14(11)20/h6-8,10-11,14,20H,3-5,9H2,1-2H3,(H,16,17). The maximum Gasteiger partial charge on any atom is 0.152 e. The van der Waals surface area contributed by atoms with E-state index in [2.05, 4.69) is 35.3 Å². The first-order valence-corrected chi connectivity index (χ1v) is 7.41. The van der Waals surface area contributed by atoms with Crippen molar-refractivity contribution in [3.05, 3.63) is 24.2 Å². The molecular formula is C15H22N4O. The minimum Gasteiger partial charge on any atom is -0.393 e. The minimum absolute atomic E-state index is 0.168. The van der Waals surface area contributed by atoms with Gasteiger partial charge in [-0.3, -0.25) is 0 Å². The van der Waals surface area contributed by atoms with E-state index < -0.39 is 0 Å². The molecule has 0 aromatic carbocycles. The lowest BCUT2D eigenvalue weighted by Gasteiger charge is -2.15. The summed E-state index contributed by atoms with van der Waals surface area (Å²) in [6, 6.07) is 2.09. The Labute approximate surface area is 119 Å². The Morgan fingerprint density at radius 3 is 3.00 bits per heavy atom. The number of aliphatic hydroxyl groups excluding tert-OH is 1. The maximum atomic E-state index is 9.88. The molecule has 2 N–H and O–H groups in total. The molecule has 0 bridgehead atoms. The van der Waals surface area contributed by atoms with Crippen LogP contribution in [0.5, 0.6) is 0 Å². The van der Waals surface area contributed by atoms with Crippen molar-refractivity contribution in [1.29, 1.82) is 0 Å². The van der Waals surface area contributed by atoms with Crippen molar-refractivity contribution in [1.82, 2.24) is 14.6 Å².